The molecule has 0 spiro atoms. The highest BCUT2D eigenvalue weighted by molar-refractivity contribution is 7.13. The Hall–Kier alpha value is -7.14. The number of nitrogens with zero attached hydrogens (tertiary/aromatic N) is 7. The van der Waals surface area contributed by atoms with Crippen molar-refractivity contribution >= 4 is 68.1 Å². The lowest BCUT2D eigenvalue weighted by molar-refractivity contribution is -0.139. The fourth-order valence-electron chi connectivity index (χ4n) is 11.6. The van der Waals surface area contributed by atoms with E-state index in [0.29, 0.717) is 107 Å². The number of nitrogens with one attached hydrogen (secondary N) is 3. The molecule has 0 radical (unpaired) electrons. The fraction of sp³-hybridized carbons (Fsp3) is 0.433. The van der Waals surface area contributed by atoms with E-state index in [1.165, 1.54) is 16.0 Å². The van der Waals surface area contributed by atoms with Crippen LogP contribution in [0.5, 0.6) is 17.5 Å². The molecule has 4 fully saturated rings. The highest BCUT2D eigenvalue weighted by Gasteiger charge is 2.50. The number of H-pyrrole nitrogens is 1. The average Bonchev–Trinajstić information content (AvgIpc) is 2.76. The Kier molecular flexibility index (Phi) is 18.1. The first-order valence-corrected chi connectivity index (χ1v) is 29.3. The van der Waals surface area contributed by atoms with Gasteiger partial charge in [-0.15, -0.1) is 11.3 Å². The SMILES string of the molecule is CC[C@@H](C)CC(=O)N1CCCC1C(=O)NCc1ccc(-c2scnc2C)cc1.CO.Cc1c(F)cc2[nH]ncc2c1-c1c(Cl)c2c3c(nc(OC4CCOCC4)nc3c1OCc1ccc(/C(N)=C/N(C)N)cc1)N1C3CNC(C3)C1CO2. The van der Waals surface area contributed by atoms with Gasteiger partial charge in [-0.1, -0.05) is 80.4 Å². The number of likely N-dealkylation sites (tertiary alicyclic amines) is 1. The Morgan fingerprint density at radius 3 is 2.55 bits per heavy atom. The highest BCUT2D eigenvalue weighted by Crippen LogP contribution is 2.55. The molecule has 2 amide bonds. The summed E-state index contributed by atoms with van der Waals surface area (Å²) in [6.07, 6.45) is 8.77. The zero-order chi connectivity index (χ0) is 57.8. The molecule has 8 N–H and O–H groups in total. The van der Waals surface area contributed by atoms with Crippen LogP contribution in [0.2, 0.25) is 5.02 Å². The van der Waals surface area contributed by atoms with Crippen molar-refractivity contribution in [2.24, 2.45) is 17.5 Å². The number of aliphatic hydroxyl groups excluding tert-OH is 1. The van der Waals surface area contributed by atoms with Gasteiger partial charge in [-0.2, -0.15) is 15.1 Å². The van der Waals surface area contributed by atoms with E-state index in [1.807, 2.05) is 48.8 Å². The predicted octanol–water partition coefficient (Wildman–Crippen LogP) is 8.56. The minimum atomic E-state index is -0.416. The number of amides is 2. The number of hydrazine groups is 1. The summed E-state index contributed by atoms with van der Waals surface area (Å²) in [7, 11) is 2.71. The van der Waals surface area contributed by atoms with Gasteiger partial charge < -0.3 is 55.2 Å². The van der Waals surface area contributed by atoms with Crippen molar-refractivity contribution in [3.8, 4) is 39.1 Å². The third-order valence-electron chi connectivity index (χ3n) is 16.1. The molecule has 22 heteroatoms. The number of aryl methyl sites for hydroxylation is 1. The maximum Gasteiger partial charge on any atom is 0.319 e. The maximum atomic E-state index is 15.7. The minimum Gasteiger partial charge on any atom is -0.489 e. The van der Waals surface area contributed by atoms with Gasteiger partial charge in [0.05, 0.1) is 63.2 Å². The summed E-state index contributed by atoms with van der Waals surface area (Å²) < 4.78 is 41.3. The molecule has 4 aromatic carbocycles. The van der Waals surface area contributed by atoms with Crippen LogP contribution in [-0.4, -0.2) is 129 Å². The number of aromatic amines is 1. The van der Waals surface area contributed by atoms with E-state index in [1.54, 1.807) is 42.6 Å². The Bertz CT molecular complexity index is 3450. The molecule has 0 aliphatic carbocycles. The standard InChI is InChI=1S/C37H39ClFN9O4.C22H29N3O2S.CH4O/c1-18-24(39)12-26-23(14-43-46-26)29(18)30-32(38)34-31-33(35(30)50-16-19-3-5-20(6-4-19)25(40)15-47(2)41)44-37(52-22-7-9-49-10-8-22)45-36(31)48-21-11-27(42-13-21)28(48)17-51-34;1-4-15(2)12-20(26)25-11-5-6-19(25)22(27)23-13-17-7-9-18(10-8-17)21-16(3)24-14-28-21;1-2/h3-6,12,14-15,21-22,27-28,42H,7-11,13,16-17,40-41H2,1-2H3,(H,43,46);7-10,14-15,19H,4-6,11-13H2,1-3H3,(H,23,27);2H,1H3/b25-15-;;/t;15-,19?;/m.1./s1. The summed E-state index contributed by atoms with van der Waals surface area (Å²) in [5.41, 5.74) is 15.9. The van der Waals surface area contributed by atoms with Crippen LogP contribution in [0.15, 0.2) is 72.5 Å². The Morgan fingerprint density at radius 1 is 1.07 bits per heavy atom. The Balaban J connectivity index is 0.000000212. The van der Waals surface area contributed by atoms with Crippen LogP contribution < -0.4 is 41.3 Å². The zero-order valence-corrected chi connectivity index (χ0v) is 48.7. The second-order valence-corrected chi connectivity index (χ2v) is 22.8. The second-order valence-electron chi connectivity index (χ2n) is 21.6. The Morgan fingerprint density at radius 2 is 1.83 bits per heavy atom. The number of anilines is 1. The van der Waals surface area contributed by atoms with Crippen molar-refractivity contribution in [1.29, 1.82) is 0 Å². The summed E-state index contributed by atoms with van der Waals surface area (Å²) in [5, 5.41) is 23.8. The molecule has 12 rings (SSSR count). The number of aliphatic hydroxyl groups is 1. The number of rotatable bonds is 15. The minimum absolute atomic E-state index is 0.0135. The number of aromatic nitrogens is 5. The summed E-state index contributed by atoms with van der Waals surface area (Å²) in [4.78, 5) is 45.0. The molecule has 8 heterocycles. The van der Waals surface area contributed by atoms with Crippen molar-refractivity contribution in [3.05, 3.63) is 111 Å². The number of thiazole rings is 1. The Labute approximate surface area is 485 Å². The quantitative estimate of drug-likeness (QED) is 0.0416. The molecule has 82 heavy (non-hydrogen) atoms. The van der Waals surface area contributed by atoms with Crippen molar-refractivity contribution in [3.63, 3.8) is 0 Å². The second kappa shape index (κ2) is 25.6. The number of carbonyl (C=O) groups excluding carboxylic acids is 2. The van der Waals surface area contributed by atoms with E-state index < -0.39 is 5.82 Å². The van der Waals surface area contributed by atoms with Gasteiger partial charge in [0, 0.05) is 87.9 Å². The van der Waals surface area contributed by atoms with Gasteiger partial charge >= 0.3 is 6.01 Å². The van der Waals surface area contributed by atoms with E-state index >= 15 is 4.39 Å². The molecule has 7 aromatic rings. The van der Waals surface area contributed by atoms with Crippen molar-refractivity contribution < 1.29 is 38.0 Å². The summed E-state index contributed by atoms with van der Waals surface area (Å²) >= 11 is 9.12. The number of fused-ring (bicyclic) bond motifs is 7. The predicted molar refractivity (Wildman–Crippen MR) is 317 cm³/mol. The van der Waals surface area contributed by atoms with E-state index in [2.05, 4.69) is 56.7 Å². The topological polar surface area (TPSA) is 244 Å². The molecule has 5 aliphatic rings. The van der Waals surface area contributed by atoms with E-state index in [4.69, 9.17) is 57.2 Å². The summed E-state index contributed by atoms with van der Waals surface area (Å²) in [6.45, 7) is 11.6. The number of hydrogen-bond acceptors (Lipinski definition) is 17. The molecule has 0 saturated carbocycles. The van der Waals surface area contributed by atoms with E-state index in [-0.39, 0.29) is 59.7 Å². The van der Waals surface area contributed by atoms with Crippen LogP contribution in [0.25, 0.3) is 49.1 Å². The first-order chi connectivity index (χ1) is 39.7. The maximum absolute atomic E-state index is 15.7. The number of halogens is 2. The summed E-state index contributed by atoms with van der Waals surface area (Å²) in [5.74, 6) is 7.26. The van der Waals surface area contributed by atoms with E-state index in [0.717, 1.165) is 80.1 Å². The van der Waals surface area contributed by atoms with Crippen molar-refractivity contribution in [2.75, 3.05) is 52.0 Å². The van der Waals surface area contributed by atoms with Gasteiger partial charge in [-0.3, -0.25) is 14.7 Å². The van der Waals surface area contributed by atoms with Gasteiger partial charge in [-0.25, -0.2) is 15.2 Å². The van der Waals surface area contributed by atoms with Crippen molar-refractivity contribution in [1.82, 2.24) is 45.7 Å². The highest BCUT2D eigenvalue weighted by atomic mass is 35.5. The van der Waals surface area contributed by atoms with E-state index in [9.17, 15) is 9.59 Å². The molecule has 2 bridgehead atoms. The molecule has 19 nitrogen and oxygen atoms in total. The lowest BCUT2D eigenvalue weighted by atomic mass is 9.93. The van der Waals surface area contributed by atoms with Crippen LogP contribution in [-0.2, 0) is 27.5 Å². The van der Waals surface area contributed by atoms with Gasteiger partial charge in [0.2, 0.25) is 11.8 Å². The number of carbonyl (C=O) groups is 2. The first-order valence-electron chi connectivity index (χ1n) is 28.0. The van der Waals surface area contributed by atoms with Crippen LogP contribution in [0.1, 0.15) is 86.7 Å². The average molecular weight is 1160 g/mol. The molecule has 4 saturated heterocycles. The molecule has 4 unspecified atom stereocenters. The number of hydrogen-bond donors (Lipinski definition) is 6. The largest absolute Gasteiger partial charge is 0.489 e. The molecule has 5 atom stereocenters. The van der Waals surface area contributed by atoms with Crippen molar-refractivity contribution in [2.45, 2.75) is 116 Å². The summed E-state index contributed by atoms with van der Waals surface area (Å²) in [6, 6.07) is 17.7. The van der Waals surface area contributed by atoms with Gasteiger partial charge in [-0.05, 0) is 72.9 Å². The number of benzene rings is 4. The van der Waals surface area contributed by atoms with Gasteiger partial charge in [0.1, 0.15) is 42.5 Å². The third kappa shape index (κ3) is 12.0. The molecular formula is C60H72ClFN12O7S. The zero-order valence-electron chi connectivity index (χ0n) is 47.1. The van der Waals surface area contributed by atoms with Gasteiger partial charge in [0.25, 0.3) is 0 Å². The molecular weight excluding hydrogens is 1090 g/mol. The van der Waals surface area contributed by atoms with Gasteiger partial charge in [0.15, 0.2) is 11.5 Å². The van der Waals surface area contributed by atoms with Crippen LogP contribution in [0.3, 0.4) is 0 Å². The third-order valence-corrected chi connectivity index (χ3v) is 17.5. The van der Waals surface area contributed by atoms with Crippen LogP contribution >= 0.6 is 22.9 Å². The van der Waals surface area contributed by atoms with Crippen LogP contribution in [0.4, 0.5) is 10.2 Å². The lowest BCUT2D eigenvalue weighted by Crippen LogP contribution is -2.53. The number of piperazine rings is 1. The van der Waals surface area contributed by atoms with Crippen LogP contribution in [0, 0.1) is 25.6 Å². The first kappa shape index (κ1) is 58.1. The monoisotopic (exact) mass is 1160 g/mol. The molecule has 3 aromatic heterocycles. The number of nitrogens with two attached hydrogens (primary N) is 2. The molecule has 434 valence electrons. The number of ether oxygens (including phenoxy) is 4. The fourth-order valence-corrected chi connectivity index (χ4v) is 12.8. The lowest BCUT2D eigenvalue weighted by Gasteiger charge is -2.35. The smallest absolute Gasteiger partial charge is 0.319 e. The normalized spacial score (nSPS) is 19.6. The molecule has 5 aliphatic heterocycles.